The van der Waals surface area contributed by atoms with Crippen LogP contribution in [0.5, 0.6) is 0 Å². The molecule has 0 aliphatic carbocycles. The zero-order chi connectivity index (χ0) is 20.5. The minimum absolute atomic E-state index is 0.00863. The van der Waals surface area contributed by atoms with Gasteiger partial charge in [-0.2, -0.15) is 5.10 Å². The highest BCUT2D eigenvalue weighted by atomic mass is 16.2. The van der Waals surface area contributed by atoms with E-state index in [4.69, 9.17) is 0 Å². The first kappa shape index (κ1) is 19.8. The van der Waals surface area contributed by atoms with Crippen LogP contribution in [0.1, 0.15) is 29.6 Å². The molecule has 1 N–H and O–H groups in total. The predicted molar refractivity (Wildman–Crippen MR) is 111 cm³/mol. The quantitative estimate of drug-likeness (QED) is 0.763. The second-order valence-corrected chi connectivity index (χ2v) is 8.68. The van der Waals surface area contributed by atoms with E-state index in [-0.39, 0.29) is 17.5 Å². The number of fused-ring (bicyclic) bond motifs is 4. The molecule has 8 nitrogen and oxygen atoms in total. The summed E-state index contributed by atoms with van der Waals surface area (Å²) in [6, 6.07) is 5.55. The number of nitrogens with one attached hydrogen (secondary N) is 1. The van der Waals surface area contributed by atoms with Gasteiger partial charge in [0.05, 0.1) is 18.8 Å². The average molecular weight is 399 g/mol. The SMILES string of the molecule is CN(C)CC(=O)NC[C@H]1[C@H]2C[C@H](CN(Cc3cnn(C)c3)C2)c2cccc(=O)n21. The van der Waals surface area contributed by atoms with Gasteiger partial charge in [0.1, 0.15) is 0 Å². The smallest absolute Gasteiger partial charge is 0.251 e. The van der Waals surface area contributed by atoms with Crippen molar-refractivity contribution in [3.8, 4) is 0 Å². The van der Waals surface area contributed by atoms with Gasteiger partial charge in [0.25, 0.3) is 5.56 Å². The van der Waals surface area contributed by atoms with Gasteiger partial charge in [0.15, 0.2) is 0 Å². The summed E-state index contributed by atoms with van der Waals surface area (Å²) >= 11 is 0. The van der Waals surface area contributed by atoms with Crippen LogP contribution in [-0.2, 0) is 18.4 Å². The minimum atomic E-state index is -0.0160. The number of hydrogen-bond donors (Lipinski definition) is 1. The predicted octanol–water partition coefficient (Wildman–Crippen LogP) is 0.420. The van der Waals surface area contributed by atoms with Crippen molar-refractivity contribution in [1.82, 2.24) is 29.5 Å². The lowest BCUT2D eigenvalue weighted by Gasteiger charge is -2.47. The summed E-state index contributed by atoms with van der Waals surface area (Å²) in [4.78, 5) is 29.2. The topological polar surface area (TPSA) is 75.4 Å². The number of aryl methyl sites for hydroxylation is 1. The Kier molecular flexibility index (Phi) is 5.56. The van der Waals surface area contributed by atoms with Crippen molar-refractivity contribution in [3.05, 3.63) is 52.2 Å². The summed E-state index contributed by atoms with van der Waals surface area (Å²) in [6.45, 7) is 3.55. The number of carbonyl (C=O) groups is 1. The molecule has 1 fully saturated rings. The maximum absolute atomic E-state index is 12.7. The maximum Gasteiger partial charge on any atom is 0.251 e. The molecular weight excluding hydrogens is 368 g/mol. The van der Waals surface area contributed by atoms with Gasteiger partial charge in [0, 0.05) is 62.7 Å². The lowest BCUT2D eigenvalue weighted by molar-refractivity contribution is -0.122. The van der Waals surface area contributed by atoms with Crippen molar-refractivity contribution in [2.24, 2.45) is 13.0 Å². The Morgan fingerprint density at radius 1 is 1.31 bits per heavy atom. The molecule has 0 aromatic carbocycles. The van der Waals surface area contributed by atoms with Crippen LogP contribution in [-0.4, -0.2) is 70.3 Å². The van der Waals surface area contributed by atoms with Crippen LogP contribution in [0.15, 0.2) is 35.4 Å². The normalized spacial score (nSPS) is 23.8. The van der Waals surface area contributed by atoms with E-state index in [0.29, 0.717) is 24.9 Å². The molecule has 2 aliphatic rings. The Labute approximate surface area is 171 Å². The lowest BCUT2D eigenvalue weighted by atomic mass is 9.78. The van der Waals surface area contributed by atoms with Crippen LogP contribution in [0.2, 0.25) is 0 Å². The third-order valence-electron chi connectivity index (χ3n) is 6.01. The number of piperidine rings is 1. The van der Waals surface area contributed by atoms with Crippen LogP contribution in [0.3, 0.4) is 0 Å². The largest absolute Gasteiger partial charge is 0.353 e. The fourth-order valence-corrected chi connectivity index (χ4v) is 4.90. The van der Waals surface area contributed by atoms with Gasteiger partial charge in [-0.25, -0.2) is 0 Å². The van der Waals surface area contributed by atoms with Crippen LogP contribution in [0.25, 0.3) is 0 Å². The minimum Gasteiger partial charge on any atom is -0.353 e. The van der Waals surface area contributed by atoms with E-state index in [1.165, 1.54) is 5.56 Å². The first-order chi connectivity index (χ1) is 13.9. The van der Waals surface area contributed by atoms with E-state index in [0.717, 1.165) is 31.7 Å². The van der Waals surface area contributed by atoms with E-state index in [2.05, 4.69) is 27.6 Å². The van der Waals surface area contributed by atoms with Gasteiger partial charge in [-0.05, 0) is 32.5 Å². The number of amides is 1. The molecule has 1 amide bonds. The number of aromatic nitrogens is 3. The zero-order valence-electron chi connectivity index (χ0n) is 17.4. The van der Waals surface area contributed by atoms with Gasteiger partial charge in [0.2, 0.25) is 5.91 Å². The molecule has 8 heteroatoms. The summed E-state index contributed by atoms with van der Waals surface area (Å²) in [5, 5.41) is 7.33. The molecule has 0 spiro atoms. The lowest BCUT2D eigenvalue weighted by Crippen LogP contribution is -2.52. The van der Waals surface area contributed by atoms with Crippen LogP contribution < -0.4 is 10.9 Å². The van der Waals surface area contributed by atoms with Crippen molar-refractivity contribution in [1.29, 1.82) is 0 Å². The Hall–Kier alpha value is -2.45. The number of carbonyl (C=O) groups excluding carboxylic acids is 1. The fourth-order valence-electron chi connectivity index (χ4n) is 4.90. The Morgan fingerprint density at radius 3 is 2.86 bits per heavy atom. The van der Waals surface area contributed by atoms with Crippen LogP contribution in [0, 0.1) is 5.92 Å². The highest BCUT2D eigenvalue weighted by Crippen LogP contribution is 2.41. The number of likely N-dealkylation sites (N-methyl/N-ethyl adjacent to an activating group) is 1. The molecule has 2 bridgehead atoms. The number of hydrogen-bond acceptors (Lipinski definition) is 5. The molecule has 2 aromatic rings. The average Bonchev–Trinajstić information content (AvgIpc) is 3.06. The van der Waals surface area contributed by atoms with Gasteiger partial charge in [-0.3, -0.25) is 19.2 Å². The number of rotatable bonds is 6. The van der Waals surface area contributed by atoms with Gasteiger partial charge in [-0.1, -0.05) is 6.07 Å². The molecule has 4 heterocycles. The van der Waals surface area contributed by atoms with Crippen molar-refractivity contribution < 1.29 is 4.79 Å². The third-order valence-corrected chi connectivity index (χ3v) is 6.01. The number of pyridine rings is 1. The molecule has 3 atom stereocenters. The summed E-state index contributed by atoms with van der Waals surface area (Å²) in [5.41, 5.74) is 2.33. The fraction of sp³-hybridized carbons (Fsp3) is 0.571. The Morgan fingerprint density at radius 2 is 2.14 bits per heavy atom. The highest BCUT2D eigenvalue weighted by molar-refractivity contribution is 5.77. The van der Waals surface area contributed by atoms with Gasteiger partial charge >= 0.3 is 0 Å². The summed E-state index contributed by atoms with van der Waals surface area (Å²) in [7, 11) is 5.69. The van der Waals surface area contributed by atoms with Crippen molar-refractivity contribution in [3.63, 3.8) is 0 Å². The summed E-state index contributed by atoms with van der Waals surface area (Å²) in [5.74, 6) is 0.663. The van der Waals surface area contributed by atoms with Crippen molar-refractivity contribution in [2.75, 3.05) is 40.3 Å². The molecule has 2 aliphatic heterocycles. The van der Waals surface area contributed by atoms with E-state index in [9.17, 15) is 9.59 Å². The molecule has 156 valence electrons. The molecular formula is C21H30N6O2. The van der Waals surface area contributed by atoms with E-state index in [1.807, 2.05) is 47.6 Å². The molecule has 1 saturated heterocycles. The Bertz CT molecular complexity index is 933. The Balaban J connectivity index is 1.56. The first-order valence-electron chi connectivity index (χ1n) is 10.2. The number of likely N-dealkylation sites (tertiary alicyclic amines) is 1. The van der Waals surface area contributed by atoms with E-state index in [1.54, 1.807) is 6.07 Å². The molecule has 4 rings (SSSR count). The summed E-state index contributed by atoms with van der Waals surface area (Å²) in [6.07, 6.45) is 5.03. The molecule has 2 aromatic heterocycles. The van der Waals surface area contributed by atoms with E-state index >= 15 is 0 Å². The molecule has 0 saturated carbocycles. The zero-order valence-corrected chi connectivity index (χ0v) is 17.4. The van der Waals surface area contributed by atoms with E-state index < -0.39 is 0 Å². The van der Waals surface area contributed by atoms with Crippen molar-refractivity contribution in [2.45, 2.75) is 24.9 Å². The molecule has 29 heavy (non-hydrogen) atoms. The highest BCUT2D eigenvalue weighted by Gasteiger charge is 2.40. The monoisotopic (exact) mass is 398 g/mol. The second-order valence-electron chi connectivity index (χ2n) is 8.68. The van der Waals surface area contributed by atoms with Gasteiger partial charge in [-0.15, -0.1) is 0 Å². The maximum atomic E-state index is 12.7. The van der Waals surface area contributed by atoms with Crippen LogP contribution >= 0.6 is 0 Å². The number of nitrogens with zero attached hydrogens (tertiary/aromatic N) is 5. The second kappa shape index (κ2) is 8.12. The summed E-state index contributed by atoms with van der Waals surface area (Å²) < 4.78 is 3.77. The molecule has 0 unspecified atom stereocenters. The van der Waals surface area contributed by atoms with Crippen LogP contribution in [0.4, 0.5) is 0 Å². The standard InChI is InChI=1S/C21H30N6O2/c1-24(2)14-20(28)22-9-19-17-7-16(18-5-4-6-21(29)27(18)19)12-26(13-17)11-15-8-23-25(3)10-15/h4-6,8,10,16-17,19H,7,9,11-14H2,1-3H3,(H,22,28)/t16-,17+,19+/m1/s1. The first-order valence-corrected chi connectivity index (χ1v) is 10.2. The van der Waals surface area contributed by atoms with Gasteiger partial charge < -0.3 is 14.8 Å². The van der Waals surface area contributed by atoms with Crippen molar-refractivity contribution >= 4 is 5.91 Å². The molecule has 0 radical (unpaired) electrons. The third kappa shape index (κ3) is 4.28.